The van der Waals surface area contributed by atoms with Crippen molar-refractivity contribution in [3.8, 4) is 0 Å². The van der Waals surface area contributed by atoms with Crippen LogP contribution in [0.4, 0.5) is 23.0 Å². The first-order chi connectivity index (χ1) is 14.7. The van der Waals surface area contributed by atoms with Crippen LogP contribution < -0.4 is 10.6 Å². The van der Waals surface area contributed by atoms with E-state index in [-0.39, 0.29) is 0 Å². The van der Waals surface area contributed by atoms with Gasteiger partial charge >= 0.3 is 0 Å². The van der Waals surface area contributed by atoms with Gasteiger partial charge in [0, 0.05) is 17.7 Å². The second-order valence-electron chi connectivity index (χ2n) is 6.02. The van der Waals surface area contributed by atoms with E-state index in [4.69, 9.17) is 23.2 Å². The predicted octanol–water partition coefficient (Wildman–Crippen LogP) is 5.02. The molecule has 4 aromatic rings. The molecule has 0 saturated carbocycles. The van der Waals surface area contributed by atoms with E-state index in [0.29, 0.717) is 33.1 Å². The number of halogens is 2. The number of anilines is 4. The highest BCUT2D eigenvalue weighted by Crippen LogP contribution is 2.42. The Kier molecular flexibility index (Phi) is 6.07. The number of aromatic nitrogens is 6. The molecular formula is C20H14Cl2N8. The minimum atomic E-state index is 0.316. The van der Waals surface area contributed by atoms with Crippen LogP contribution in [0.3, 0.4) is 0 Å². The van der Waals surface area contributed by atoms with Gasteiger partial charge < -0.3 is 10.6 Å². The molecule has 0 bridgehead atoms. The van der Waals surface area contributed by atoms with E-state index in [1.807, 2.05) is 42.5 Å². The van der Waals surface area contributed by atoms with Gasteiger partial charge in [-0.1, -0.05) is 65.7 Å². The van der Waals surface area contributed by atoms with Crippen molar-refractivity contribution in [3.63, 3.8) is 0 Å². The molecule has 0 radical (unpaired) electrons. The quantitative estimate of drug-likeness (QED) is 0.406. The molecule has 0 fully saturated rings. The van der Waals surface area contributed by atoms with Crippen LogP contribution in [0.5, 0.6) is 0 Å². The Morgan fingerprint density at radius 1 is 0.733 bits per heavy atom. The molecule has 0 spiro atoms. The van der Waals surface area contributed by atoms with Gasteiger partial charge in [-0.05, 0) is 22.1 Å². The lowest BCUT2D eigenvalue weighted by molar-refractivity contribution is 0.869. The van der Waals surface area contributed by atoms with Crippen molar-refractivity contribution in [1.82, 2.24) is 30.8 Å². The molecule has 2 aromatic carbocycles. The molecule has 0 amide bonds. The summed E-state index contributed by atoms with van der Waals surface area (Å²) >= 11 is 13.0. The molecule has 0 unspecified atom stereocenters. The van der Waals surface area contributed by atoms with Gasteiger partial charge in [-0.3, -0.25) is 0 Å². The summed E-state index contributed by atoms with van der Waals surface area (Å²) in [5.74, 6) is 0.942. The third-order valence-corrected chi connectivity index (χ3v) is 4.80. The van der Waals surface area contributed by atoms with Crippen LogP contribution in [0.2, 0.25) is 10.0 Å². The van der Waals surface area contributed by atoms with Crippen molar-refractivity contribution in [2.45, 2.75) is 0 Å². The van der Waals surface area contributed by atoms with Gasteiger partial charge in [0.1, 0.15) is 0 Å². The summed E-state index contributed by atoms with van der Waals surface area (Å²) in [6.07, 6.45) is 6.95. The van der Waals surface area contributed by atoms with Gasteiger partial charge in [-0.25, -0.2) is 0 Å². The molecule has 0 aliphatic carbocycles. The van der Waals surface area contributed by atoms with Gasteiger partial charge in [0.05, 0.1) is 33.8 Å². The van der Waals surface area contributed by atoms with Crippen LogP contribution in [0.1, 0.15) is 11.1 Å². The molecule has 0 aliphatic heterocycles. The monoisotopic (exact) mass is 436 g/mol. The number of hydrogen-bond donors (Lipinski definition) is 2. The van der Waals surface area contributed by atoms with Gasteiger partial charge in [-0.15, -0.1) is 20.4 Å². The first-order valence-corrected chi connectivity index (χ1v) is 9.54. The van der Waals surface area contributed by atoms with E-state index >= 15 is 0 Å². The zero-order chi connectivity index (χ0) is 20.8. The van der Waals surface area contributed by atoms with E-state index in [1.54, 1.807) is 18.2 Å². The van der Waals surface area contributed by atoms with Crippen molar-refractivity contribution in [2.75, 3.05) is 10.6 Å². The van der Waals surface area contributed by atoms with Crippen LogP contribution in [-0.2, 0) is 0 Å². The maximum absolute atomic E-state index is 6.53. The zero-order valence-corrected chi connectivity index (χ0v) is 16.9. The van der Waals surface area contributed by atoms with Crippen molar-refractivity contribution in [3.05, 3.63) is 82.1 Å². The summed E-state index contributed by atoms with van der Waals surface area (Å²) in [6, 6.07) is 15.0. The fraction of sp³-hybridized carbons (Fsp3) is 0. The Morgan fingerprint density at radius 3 is 1.97 bits per heavy atom. The Bertz CT molecular complexity index is 1160. The number of hydrogen-bond acceptors (Lipinski definition) is 8. The number of nitrogens with zero attached hydrogens (tertiary/aromatic N) is 6. The number of nitrogens with one attached hydrogen (secondary N) is 2. The van der Waals surface area contributed by atoms with Crippen LogP contribution in [0, 0.1) is 0 Å². The second kappa shape index (κ2) is 9.25. The van der Waals surface area contributed by atoms with Crippen LogP contribution in [0.25, 0.3) is 12.2 Å². The summed E-state index contributed by atoms with van der Waals surface area (Å²) in [5.41, 5.74) is 2.95. The predicted molar refractivity (Wildman–Crippen MR) is 118 cm³/mol. The summed E-state index contributed by atoms with van der Waals surface area (Å²) in [6.45, 7) is 0. The Labute approximate surface area is 182 Å². The zero-order valence-electron chi connectivity index (χ0n) is 15.4. The van der Waals surface area contributed by atoms with Crippen molar-refractivity contribution in [2.24, 2.45) is 0 Å². The van der Waals surface area contributed by atoms with E-state index in [9.17, 15) is 0 Å². The van der Waals surface area contributed by atoms with Crippen LogP contribution in [-0.4, -0.2) is 30.8 Å². The van der Waals surface area contributed by atoms with Crippen molar-refractivity contribution in [1.29, 1.82) is 0 Å². The lowest BCUT2D eigenvalue weighted by atomic mass is 10.1. The fourth-order valence-electron chi connectivity index (χ4n) is 2.65. The lowest BCUT2D eigenvalue weighted by Gasteiger charge is -2.18. The number of benzene rings is 2. The van der Waals surface area contributed by atoms with E-state index < -0.39 is 0 Å². The highest BCUT2D eigenvalue weighted by molar-refractivity contribution is 6.44. The van der Waals surface area contributed by atoms with E-state index in [0.717, 1.165) is 11.1 Å². The topological polar surface area (TPSA) is 101 Å². The molecule has 0 atom stereocenters. The summed E-state index contributed by atoms with van der Waals surface area (Å²) in [5, 5.41) is 29.7. The fourth-order valence-corrected chi connectivity index (χ4v) is 3.06. The largest absolute Gasteiger partial charge is 0.336 e. The second-order valence-corrected chi connectivity index (χ2v) is 6.80. The summed E-state index contributed by atoms with van der Waals surface area (Å²) < 4.78 is 0. The van der Waals surface area contributed by atoms with Gasteiger partial charge in [0.15, 0.2) is 11.6 Å². The molecule has 0 aliphatic rings. The maximum atomic E-state index is 6.53. The average molecular weight is 437 g/mol. The van der Waals surface area contributed by atoms with Crippen molar-refractivity contribution >= 4 is 58.4 Å². The normalized spacial score (nSPS) is 10.9. The molecule has 0 saturated heterocycles. The standard InChI is InChI=1S/C20H14Cl2N8/c21-15-12-14(7-6-13-4-2-1-3-5-13)19(25-16-8-10-23-29-27-16)20(18(15)22)26-17-9-11-24-30-28-17/h1-12H,(H,23,25,27)(H,24,26,28). The average Bonchev–Trinajstić information content (AvgIpc) is 2.80. The molecular weight excluding hydrogens is 423 g/mol. The molecule has 148 valence electrons. The van der Waals surface area contributed by atoms with Gasteiger partial charge in [-0.2, -0.15) is 0 Å². The third kappa shape index (κ3) is 4.68. The van der Waals surface area contributed by atoms with Gasteiger partial charge in [0.2, 0.25) is 0 Å². The molecule has 8 nitrogen and oxygen atoms in total. The Hall–Kier alpha value is -3.62. The Morgan fingerprint density at radius 2 is 1.37 bits per heavy atom. The lowest BCUT2D eigenvalue weighted by Crippen LogP contribution is -2.04. The highest BCUT2D eigenvalue weighted by Gasteiger charge is 2.17. The van der Waals surface area contributed by atoms with Crippen LogP contribution >= 0.6 is 23.2 Å². The molecule has 10 heteroatoms. The van der Waals surface area contributed by atoms with Gasteiger partial charge in [0.25, 0.3) is 0 Å². The molecule has 2 aromatic heterocycles. The smallest absolute Gasteiger partial charge is 0.156 e. The van der Waals surface area contributed by atoms with Crippen molar-refractivity contribution < 1.29 is 0 Å². The van der Waals surface area contributed by atoms with Crippen LogP contribution in [0.15, 0.2) is 60.9 Å². The summed E-state index contributed by atoms with van der Waals surface area (Å²) in [7, 11) is 0. The number of rotatable bonds is 6. The molecule has 2 N–H and O–H groups in total. The van der Waals surface area contributed by atoms with E-state index in [1.165, 1.54) is 12.4 Å². The molecule has 30 heavy (non-hydrogen) atoms. The molecule has 4 rings (SSSR count). The minimum absolute atomic E-state index is 0.316. The minimum Gasteiger partial charge on any atom is -0.336 e. The third-order valence-electron chi connectivity index (χ3n) is 4.02. The first-order valence-electron chi connectivity index (χ1n) is 8.78. The SMILES string of the molecule is Clc1cc(C=Cc2ccccc2)c(Nc2ccnnn2)c(Nc2ccnnn2)c1Cl. The van der Waals surface area contributed by atoms with E-state index in [2.05, 4.69) is 41.5 Å². The summed E-state index contributed by atoms with van der Waals surface area (Å²) in [4.78, 5) is 0. The Balaban J connectivity index is 1.82. The maximum Gasteiger partial charge on any atom is 0.156 e. The first kappa shape index (κ1) is 19.7. The highest BCUT2D eigenvalue weighted by atomic mass is 35.5. The molecule has 2 heterocycles.